The first-order valence-corrected chi connectivity index (χ1v) is 9.22. The first kappa shape index (κ1) is 15.5. The summed E-state index contributed by atoms with van der Waals surface area (Å²) < 4.78 is 23.0. The first-order chi connectivity index (χ1) is 9.35. The maximum atomic E-state index is 11.5. The molecule has 1 heterocycles. The zero-order chi connectivity index (χ0) is 14.8. The average molecular weight is 295 g/mol. The highest BCUT2D eigenvalue weighted by Crippen LogP contribution is 2.28. The van der Waals surface area contributed by atoms with Crippen molar-refractivity contribution in [2.75, 3.05) is 11.5 Å². The van der Waals surface area contributed by atoms with Crippen LogP contribution in [0.4, 0.5) is 0 Å². The van der Waals surface area contributed by atoms with E-state index < -0.39 is 9.84 Å². The zero-order valence-corrected chi connectivity index (χ0v) is 13.2. The third-order valence-electron chi connectivity index (χ3n) is 3.94. The van der Waals surface area contributed by atoms with Gasteiger partial charge in [0, 0.05) is 6.04 Å². The van der Waals surface area contributed by atoms with Gasteiger partial charge in [-0.1, -0.05) is 38.1 Å². The van der Waals surface area contributed by atoms with E-state index in [1.54, 1.807) is 0 Å². The second-order valence-electron chi connectivity index (χ2n) is 6.45. The van der Waals surface area contributed by atoms with Crippen LogP contribution in [0.3, 0.4) is 0 Å². The summed E-state index contributed by atoms with van der Waals surface area (Å²) >= 11 is 0. The SMILES string of the molecule is CC(C)Cc1cccc(C(N)CC2CCS(=O)(=O)C2)c1. The molecule has 0 radical (unpaired) electrons. The van der Waals surface area contributed by atoms with Gasteiger partial charge in [0.05, 0.1) is 11.5 Å². The lowest BCUT2D eigenvalue weighted by atomic mass is 9.92. The van der Waals surface area contributed by atoms with Crippen LogP contribution in [-0.4, -0.2) is 19.9 Å². The molecule has 2 atom stereocenters. The van der Waals surface area contributed by atoms with Gasteiger partial charge in [-0.05, 0) is 42.2 Å². The molecule has 1 saturated heterocycles. The number of hydrogen-bond acceptors (Lipinski definition) is 3. The van der Waals surface area contributed by atoms with E-state index in [4.69, 9.17) is 5.73 Å². The van der Waals surface area contributed by atoms with Crippen molar-refractivity contribution in [3.8, 4) is 0 Å². The molecule has 2 N–H and O–H groups in total. The standard InChI is InChI=1S/C16H25NO2S/c1-12(2)8-13-4-3-5-15(9-13)16(17)10-14-6-7-20(18,19)11-14/h3-5,9,12,14,16H,6-8,10-11,17H2,1-2H3. The van der Waals surface area contributed by atoms with Crippen molar-refractivity contribution in [2.45, 2.75) is 39.2 Å². The Hall–Kier alpha value is -0.870. The molecule has 1 aliphatic rings. The molecular weight excluding hydrogens is 270 g/mol. The highest BCUT2D eigenvalue weighted by Gasteiger charge is 2.29. The van der Waals surface area contributed by atoms with E-state index in [1.807, 2.05) is 0 Å². The molecule has 112 valence electrons. The number of rotatable bonds is 5. The number of sulfone groups is 1. The molecule has 0 aromatic heterocycles. The summed E-state index contributed by atoms with van der Waals surface area (Å²) in [6.07, 6.45) is 2.59. The fourth-order valence-electron chi connectivity index (χ4n) is 2.98. The van der Waals surface area contributed by atoms with Crippen LogP contribution in [-0.2, 0) is 16.3 Å². The summed E-state index contributed by atoms with van der Waals surface area (Å²) in [6, 6.07) is 8.36. The van der Waals surface area contributed by atoms with Crippen molar-refractivity contribution < 1.29 is 8.42 Å². The van der Waals surface area contributed by atoms with E-state index in [9.17, 15) is 8.42 Å². The Morgan fingerprint density at radius 1 is 1.35 bits per heavy atom. The molecule has 1 fully saturated rings. The molecule has 0 aliphatic carbocycles. The van der Waals surface area contributed by atoms with Crippen LogP contribution in [0.1, 0.15) is 43.9 Å². The summed E-state index contributed by atoms with van der Waals surface area (Å²) in [5.41, 5.74) is 8.71. The van der Waals surface area contributed by atoms with Crippen LogP contribution < -0.4 is 5.73 Å². The van der Waals surface area contributed by atoms with E-state index in [2.05, 4.69) is 38.1 Å². The maximum Gasteiger partial charge on any atom is 0.150 e. The summed E-state index contributed by atoms with van der Waals surface area (Å²) in [5, 5.41) is 0. The minimum absolute atomic E-state index is 0.0552. The van der Waals surface area contributed by atoms with Gasteiger partial charge in [0.2, 0.25) is 0 Å². The van der Waals surface area contributed by atoms with Gasteiger partial charge in [-0.3, -0.25) is 0 Å². The van der Waals surface area contributed by atoms with Crippen LogP contribution in [0.5, 0.6) is 0 Å². The van der Waals surface area contributed by atoms with Crippen molar-refractivity contribution in [3.05, 3.63) is 35.4 Å². The maximum absolute atomic E-state index is 11.5. The molecule has 2 rings (SSSR count). The van der Waals surface area contributed by atoms with Crippen LogP contribution in [0, 0.1) is 11.8 Å². The fourth-order valence-corrected chi connectivity index (χ4v) is 4.86. The van der Waals surface area contributed by atoms with Crippen molar-refractivity contribution in [1.29, 1.82) is 0 Å². The molecule has 2 unspecified atom stereocenters. The minimum atomic E-state index is -2.80. The van der Waals surface area contributed by atoms with E-state index in [0.717, 1.165) is 24.8 Å². The Morgan fingerprint density at radius 3 is 2.70 bits per heavy atom. The molecule has 0 spiro atoms. The highest BCUT2D eigenvalue weighted by molar-refractivity contribution is 7.91. The van der Waals surface area contributed by atoms with Crippen molar-refractivity contribution >= 4 is 9.84 Å². The third-order valence-corrected chi connectivity index (χ3v) is 5.77. The number of nitrogens with two attached hydrogens (primary N) is 1. The van der Waals surface area contributed by atoms with Crippen LogP contribution >= 0.6 is 0 Å². The van der Waals surface area contributed by atoms with Crippen molar-refractivity contribution in [2.24, 2.45) is 17.6 Å². The molecule has 3 nitrogen and oxygen atoms in total. The molecule has 1 aromatic carbocycles. The Labute approximate surface area is 122 Å². The lowest BCUT2D eigenvalue weighted by molar-refractivity contribution is 0.481. The topological polar surface area (TPSA) is 60.2 Å². The van der Waals surface area contributed by atoms with E-state index >= 15 is 0 Å². The Kier molecular flexibility index (Phi) is 4.86. The molecule has 0 bridgehead atoms. The van der Waals surface area contributed by atoms with Crippen molar-refractivity contribution in [3.63, 3.8) is 0 Å². The van der Waals surface area contributed by atoms with Gasteiger partial charge < -0.3 is 5.73 Å². The fraction of sp³-hybridized carbons (Fsp3) is 0.625. The van der Waals surface area contributed by atoms with Gasteiger partial charge in [0.15, 0.2) is 9.84 Å². The largest absolute Gasteiger partial charge is 0.324 e. The molecule has 1 aromatic rings. The first-order valence-electron chi connectivity index (χ1n) is 7.40. The Morgan fingerprint density at radius 2 is 2.10 bits per heavy atom. The quantitative estimate of drug-likeness (QED) is 0.908. The minimum Gasteiger partial charge on any atom is -0.324 e. The normalized spacial score (nSPS) is 23.1. The summed E-state index contributed by atoms with van der Waals surface area (Å²) in [7, 11) is -2.80. The second-order valence-corrected chi connectivity index (χ2v) is 8.68. The van der Waals surface area contributed by atoms with Gasteiger partial charge in [-0.25, -0.2) is 8.42 Å². The lowest BCUT2D eigenvalue weighted by Crippen LogP contribution is -2.16. The smallest absolute Gasteiger partial charge is 0.150 e. The van der Waals surface area contributed by atoms with Crippen LogP contribution in [0.25, 0.3) is 0 Å². The highest BCUT2D eigenvalue weighted by atomic mass is 32.2. The summed E-state index contributed by atoms with van der Waals surface area (Å²) in [5.74, 6) is 1.50. The molecular formula is C16H25NO2S. The van der Waals surface area contributed by atoms with Crippen molar-refractivity contribution in [1.82, 2.24) is 0 Å². The molecule has 1 aliphatic heterocycles. The average Bonchev–Trinajstić information content (AvgIpc) is 2.68. The lowest BCUT2D eigenvalue weighted by Gasteiger charge is -2.17. The van der Waals surface area contributed by atoms with Gasteiger partial charge in [-0.2, -0.15) is 0 Å². The summed E-state index contributed by atoms with van der Waals surface area (Å²) in [6.45, 7) is 4.41. The number of benzene rings is 1. The molecule has 20 heavy (non-hydrogen) atoms. The predicted octanol–water partition coefficient (Wildman–Crippen LogP) is 2.71. The molecule has 0 saturated carbocycles. The van der Waals surface area contributed by atoms with Gasteiger partial charge in [0.25, 0.3) is 0 Å². The summed E-state index contributed by atoms with van der Waals surface area (Å²) in [4.78, 5) is 0. The van der Waals surface area contributed by atoms with E-state index in [1.165, 1.54) is 5.56 Å². The van der Waals surface area contributed by atoms with E-state index in [0.29, 0.717) is 17.4 Å². The number of hydrogen-bond donors (Lipinski definition) is 1. The van der Waals surface area contributed by atoms with Gasteiger partial charge in [-0.15, -0.1) is 0 Å². The van der Waals surface area contributed by atoms with Gasteiger partial charge >= 0.3 is 0 Å². The Balaban J connectivity index is 2.00. The van der Waals surface area contributed by atoms with Gasteiger partial charge in [0.1, 0.15) is 0 Å². The zero-order valence-electron chi connectivity index (χ0n) is 12.4. The van der Waals surface area contributed by atoms with Crippen LogP contribution in [0.2, 0.25) is 0 Å². The monoisotopic (exact) mass is 295 g/mol. The van der Waals surface area contributed by atoms with E-state index in [-0.39, 0.29) is 12.0 Å². The molecule has 0 amide bonds. The van der Waals surface area contributed by atoms with Crippen LogP contribution in [0.15, 0.2) is 24.3 Å². The molecule has 4 heteroatoms. The predicted molar refractivity (Wildman–Crippen MR) is 83.3 cm³/mol. The second kappa shape index (κ2) is 6.27. The third kappa shape index (κ3) is 4.32. The Bertz CT molecular complexity index is 551.